The molecule has 1 atom stereocenters. The summed E-state index contributed by atoms with van der Waals surface area (Å²) in [5.41, 5.74) is -0.396. The molecule has 0 aromatic rings. The lowest BCUT2D eigenvalue weighted by Crippen LogP contribution is -2.36. The maximum Gasteiger partial charge on any atom is 0.410 e. The highest BCUT2D eigenvalue weighted by Crippen LogP contribution is 2.18. The molecule has 1 N–H and O–H groups in total. The van der Waals surface area contributed by atoms with Gasteiger partial charge in [0, 0.05) is 13.1 Å². The minimum Gasteiger partial charge on any atom is -0.444 e. The highest BCUT2D eigenvalue weighted by molar-refractivity contribution is 5.68. The SMILES string of the molecule is CCCCCCNCC1CCN(C(=O)OC(C)(C)C)C1. The number of likely N-dealkylation sites (tertiary alicyclic amines) is 1. The van der Waals surface area contributed by atoms with E-state index in [9.17, 15) is 4.79 Å². The van der Waals surface area contributed by atoms with Crippen molar-refractivity contribution < 1.29 is 9.53 Å². The topological polar surface area (TPSA) is 41.6 Å². The average molecular weight is 284 g/mol. The van der Waals surface area contributed by atoms with Crippen LogP contribution >= 0.6 is 0 Å². The van der Waals surface area contributed by atoms with Gasteiger partial charge in [-0.2, -0.15) is 0 Å². The Morgan fingerprint density at radius 3 is 2.70 bits per heavy atom. The highest BCUT2D eigenvalue weighted by atomic mass is 16.6. The van der Waals surface area contributed by atoms with Crippen molar-refractivity contribution in [3.63, 3.8) is 0 Å². The maximum atomic E-state index is 11.9. The van der Waals surface area contributed by atoms with Gasteiger partial charge in [-0.3, -0.25) is 0 Å². The fourth-order valence-corrected chi connectivity index (χ4v) is 2.47. The second kappa shape index (κ2) is 8.50. The minimum absolute atomic E-state index is 0.164. The number of nitrogens with one attached hydrogen (secondary N) is 1. The van der Waals surface area contributed by atoms with Crippen molar-refractivity contribution in [2.75, 3.05) is 26.2 Å². The van der Waals surface area contributed by atoms with Crippen LogP contribution in [0.2, 0.25) is 0 Å². The predicted octanol–water partition coefficient (Wildman–Crippen LogP) is 3.41. The Morgan fingerprint density at radius 2 is 2.05 bits per heavy atom. The zero-order valence-corrected chi connectivity index (χ0v) is 13.7. The van der Waals surface area contributed by atoms with Crippen LogP contribution in [0.4, 0.5) is 4.79 Å². The molecule has 1 unspecified atom stereocenters. The summed E-state index contributed by atoms with van der Waals surface area (Å²) in [6, 6.07) is 0. The second-order valence-electron chi connectivity index (χ2n) is 6.85. The molecule has 0 radical (unpaired) electrons. The van der Waals surface area contributed by atoms with E-state index in [4.69, 9.17) is 4.74 Å². The van der Waals surface area contributed by atoms with Crippen molar-refractivity contribution in [3.8, 4) is 0 Å². The molecule has 0 saturated carbocycles. The van der Waals surface area contributed by atoms with Gasteiger partial charge in [0.15, 0.2) is 0 Å². The van der Waals surface area contributed by atoms with E-state index in [-0.39, 0.29) is 6.09 Å². The molecule has 1 saturated heterocycles. The predicted molar refractivity (Wildman–Crippen MR) is 82.9 cm³/mol. The summed E-state index contributed by atoms with van der Waals surface area (Å²) in [5, 5.41) is 3.52. The Bertz CT molecular complexity index is 287. The van der Waals surface area contributed by atoms with Gasteiger partial charge < -0.3 is 15.0 Å². The van der Waals surface area contributed by atoms with Crippen LogP contribution < -0.4 is 5.32 Å². The zero-order valence-electron chi connectivity index (χ0n) is 13.7. The first kappa shape index (κ1) is 17.3. The van der Waals surface area contributed by atoms with E-state index in [0.29, 0.717) is 5.92 Å². The molecule has 0 aromatic carbocycles. The molecular formula is C16H32N2O2. The summed E-state index contributed by atoms with van der Waals surface area (Å²) in [6.07, 6.45) is 6.11. The van der Waals surface area contributed by atoms with Crippen molar-refractivity contribution >= 4 is 6.09 Å². The monoisotopic (exact) mass is 284 g/mol. The molecular weight excluding hydrogens is 252 g/mol. The molecule has 118 valence electrons. The van der Waals surface area contributed by atoms with Crippen molar-refractivity contribution in [1.82, 2.24) is 10.2 Å². The van der Waals surface area contributed by atoms with E-state index in [1.165, 1.54) is 25.7 Å². The number of unbranched alkanes of at least 4 members (excludes halogenated alkanes) is 3. The average Bonchev–Trinajstić information content (AvgIpc) is 2.80. The number of amides is 1. The lowest BCUT2D eigenvalue weighted by molar-refractivity contribution is 0.0288. The smallest absolute Gasteiger partial charge is 0.410 e. The van der Waals surface area contributed by atoms with Crippen LogP contribution in [0, 0.1) is 5.92 Å². The number of nitrogens with zero attached hydrogens (tertiary/aromatic N) is 1. The molecule has 0 spiro atoms. The molecule has 20 heavy (non-hydrogen) atoms. The van der Waals surface area contributed by atoms with Gasteiger partial charge in [0.1, 0.15) is 5.60 Å². The third-order valence-corrected chi connectivity index (χ3v) is 3.58. The van der Waals surface area contributed by atoms with E-state index >= 15 is 0 Å². The molecule has 0 aromatic heterocycles. The first-order valence-electron chi connectivity index (χ1n) is 8.11. The standard InChI is InChI=1S/C16H32N2O2/c1-5-6-7-8-10-17-12-14-9-11-18(13-14)15(19)20-16(2,3)4/h14,17H,5-13H2,1-4H3. The van der Waals surface area contributed by atoms with E-state index in [0.717, 1.165) is 32.6 Å². The van der Waals surface area contributed by atoms with Crippen molar-refractivity contribution in [1.29, 1.82) is 0 Å². The van der Waals surface area contributed by atoms with Gasteiger partial charge in [0.05, 0.1) is 0 Å². The molecule has 1 heterocycles. The Morgan fingerprint density at radius 1 is 1.30 bits per heavy atom. The van der Waals surface area contributed by atoms with Crippen LogP contribution in [0.1, 0.15) is 59.8 Å². The van der Waals surface area contributed by atoms with Gasteiger partial charge >= 0.3 is 6.09 Å². The van der Waals surface area contributed by atoms with Gasteiger partial charge in [0.25, 0.3) is 0 Å². The number of ether oxygens (including phenoxy) is 1. The van der Waals surface area contributed by atoms with Crippen molar-refractivity contribution in [2.24, 2.45) is 5.92 Å². The molecule has 1 rings (SSSR count). The molecule has 1 aliphatic rings. The molecule has 1 fully saturated rings. The maximum absolute atomic E-state index is 11.9. The van der Waals surface area contributed by atoms with Crippen LogP contribution in [0.15, 0.2) is 0 Å². The van der Waals surface area contributed by atoms with E-state index < -0.39 is 5.60 Å². The molecule has 1 amide bonds. The summed E-state index contributed by atoms with van der Waals surface area (Å²) in [6.45, 7) is 11.8. The van der Waals surface area contributed by atoms with Crippen LogP contribution in [0.3, 0.4) is 0 Å². The van der Waals surface area contributed by atoms with Crippen LogP contribution in [0.5, 0.6) is 0 Å². The van der Waals surface area contributed by atoms with Gasteiger partial charge in [-0.15, -0.1) is 0 Å². The van der Waals surface area contributed by atoms with Crippen LogP contribution in [-0.2, 0) is 4.74 Å². The van der Waals surface area contributed by atoms with Crippen molar-refractivity contribution in [2.45, 2.75) is 65.4 Å². The lowest BCUT2D eigenvalue weighted by Gasteiger charge is -2.24. The third-order valence-electron chi connectivity index (χ3n) is 3.58. The normalized spacial score (nSPS) is 19.4. The van der Waals surface area contributed by atoms with E-state index in [1.807, 2.05) is 25.7 Å². The van der Waals surface area contributed by atoms with E-state index in [2.05, 4.69) is 12.2 Å². The van der Waals surface area contributed by atoms with Gasteiger partial charge in [-0.1, -0.05) is 26.2 Å². The van der Waals surface area contributed by atoms with Gasteiger partial charge in [-0.25, -0.2) is 4.79 Å². The Hall–Kier alpha value is -0.770. The van der Waals surface area contributed by atoms with Crippen LogP contribution in [0.25, 0.3) is 0 Å². The number of hydrogen-bond acceptors (Lipinski definition) is 3. The minimum atomic E-state index is -0.396. The fraction of sp³-hybridized carbons (Fsp3) is 0.938. The van der Waals surface area contributed by atoms with E-state index in [1.54, 1.807) is 0 Å². The number of carbonyl (C=O) groups excluding carboxylic acids is 1. The molecule has 4 heteroatoms. The van der Waals surface area contributed by atoms with Crippen LogP contribution in [-0.4, -0.2) is 42.8 Å². The number of rotatable bonds is 7. The summed E-state index contributed by atoms with van der Waals surface area (Å²) < 4.78 is 5.41. The first-order chi connectivity index (χ1) is 9.42. The zero-order chi connectivity index (χ0) is 15.0. The Kier molecular flexibility index (Phi) is 7.35. The molecule has 1 aliphatic heterocycles. The molecule has 0 bridgehead atoms. The quantitative estimate of drug-likeness (QED) is 0.728. The second-order valence-corrected chi connectivity index (χ2v) is 6.85. The fourth-order valence-electron chi connectivity index (χ4n) is 2.47. The number of hydrogen-bond donors (Lipinski definition) is 1. The molecule has 4 nitrogen and oxygen atoms in total. The highest BCUT2D eigenvalue weighted by Gasteiger charge is 2.29. The summed E-state index contributed by atoms with van der Waals surface area (Å²) in [5.74, 6) is 0.577. The third kappa shape index (κ3) is 7.13. The molecule has 0 aliphatic carbocycles. The summed E-state index contributed by atoms with van der Waals surface area (Å²) in [4.78, 5) is 13.8. The van der Waals surface area contributed by atoms with Gasteiger partial charge in [0.2, 0.25) is 0 Å². The summed E-state index contributed by atoms with van der Waals surface area (Å²) in [7, 11) is 0. The largest absolute Gasteiger partial charge is 0.444 e. The number of carbonyl (C=O) groups is 1. The summed E-state index contributed by atoms with van der Waals surface area (Å²) >= 11 is 0. The van der Waals surface area contributed by atoms with Crippen molar-refractivity contribution in [3.05, 3.63) is 0 Å². The Balaban J connectivity index is 2.12. The Labute approximate surface area is 124 Å². The first-order valence-corrected chi connectivity index (χ1v) is 8.11. The van der Waals surface area contributed by atoms with Gasteiger partial charge in [-0.05, 0) is 52.6 Å². The lowest BCUT2D eigenvalue weighted by atomic mass is 10.1.